The fraction of sp³-hybridized carbons (Fsp3) is 0.227. The highest BCUT2D eigenvalue weighted by molar-refractivity contribution is 6.05. The van der Waals surface area contributed by atoms with Gasteiger partial charge in [-0.1, -0.05) is 0 Å². The van der Waals surface area contributed by atoms with Gasteiger partial charge in [0.15, 0.2) is 0 Å². The third-order valence-corrected chi connectivity index (χ3v) is 4.76. The number of ether oxygens (including phenoxy) is 3. The van der Waals surface area contributed by atoms with Crippen molar-refractivity contribution in [2.75, 3.05) is 12.3 Å². The van der Waals surface area contributed by atoms with E-state index in [0.717, 1.165) is 11.1 Å². The van der Waals surface area contributed by atoms with Crippen molar-refractivity contribution in [1.29, 1.82) is 0 Å². The third kappa shape index (κ3) is 3.99. The summed E-state index contributed by atoms with van der Waals surface area (Å²) in [6, 6.07) is 6.05. The van der Waals surface area contributed by atoms with Gasteiger partial charge in [-0.05, 0) is 62.2 Å². The molecule has 1 aliphatic rings. The normalized spacial score (nSPS) is 12.3. The number of carbonyl (C=O) groups is 3. The smallest absolute Gasteiger partial charge is 0.346 e. The number of esters is 3. The Labute approximate surface area is 168 Å². The van der Waals surface area contributed by atoms with Crippen molar-refractivity contribution in [3.05, 3.63) is 57.7 Å². The van der Waals surface area contributed by atoms with Gasteiger partial charge >= 0.3 is 17.9 Å². The number of benzene rings is 2. The molecule has 29 heavy (non-hydrogen) atoms. The lowest BCUT2D eigenvalue weighted by molar-refractivity contribution is -0.134. The lowest BCUT2D eigenvalue weighted by Crippen LogP contribution is -2.21. The maximum absolute atomic E-state index is 12.5. The predicted molar refractivity (Wildman–Crippen MR) is 107 cm³/mol. The van der Waals surface area contributed by atoms with Crippen LogP contribution in [0.25, 0.3) is 6.08 Å². The molecular weight excluding hydrogens is 374 g/mol. The second kappa shape index (κ2) is 7.79. The van der Waals surface area contributed by atoms with Crippen molar-refractivity contribution in [3.63, 3.8) is 0 Å². The van der Waals surface area contributed by atoms with Crippen LogP contribution in [0.5, 0.6) is 11.5 Å². The van der Waals surface area contributed by atoms with Crippen LogP contribution in [0.2, 0.25) is 0 Å². The molecule has 0 aliphatic carbocycles. The zero-order valence-corrected chi connectivity index (χ0v) is 16.6. The topological polar surface area (TPSA) is 105 Å². The summed E-state index contributed by atoms with van der Waals surface area (Å²) in [4.78, 5) is 36.1. The molecule has 0 saturated heterocycles. The Bertz CT molecular complexity index is 1050. The summed E-state index contributed by atoms with van der Waals surface area (Å²) in [5.41, 5.74) is 9.36. The highest BCUT2D eigenvalue weighted by atomic mass is 16.6. The van der Waals surface area contributed by atoms with Gasteiger partial charge < -0.3 is 19.9 Å². The maximum Gasteiger partial charge on any atom is 0.346 e. The average Bonchev–Trinajstić information content (AvgIpc) is 2.69. The summed E-state index contributed by atoms with van der Waals surface area (Å²) in [5.74, 6) is -0.980. The van der Waals surface area contributed by atoms with Crippen LogP contribution in [0.3, 0.4) is 0 Å². The molecule has 0 unspecified atom stereocenters. The number of carbonyl (C=O) groups excluding carboxylic acids is 3. The Morgan fingerprint density at radius 2 is 1.62 bits per heavy atom. The zero-order chi connectivity index (χ0) is 21.3. The van der Waals surface area contributed by atoms with Crippen molar-refractivity contribution in [1.82, 2.24) is 0 Å². The predicted octanol–water partition coefficient (Wildman–Crippen LogP) is 3.28. The number of fused-ring (bicyclic) bond motifs is 1. The maximum atomic E-state index is 12.5. The van der Waals surface area contributed by atoms with Gasteiger partial charge in [0.25, 0.3) is 0 Å². The Kier molecular flexibility index (Phi) is 5.41. The summed E-state index contributed by atoms with van der Waals surface area (Å²) < 4.78 is 16.1. The fourth-order valence-electron chi connectivity index (χ4n) is 3.08. The van der Waals surface area contributed by atoms with E-state index in [4.69, 9.17) is 19.9 Å². The van der Waals surface area contributed by atoms with E-state index >= 15 is 0 Å². The first-order chi connectivity index (χ1) is 13.7. The van der Waals surface area contributed by atoms with E-state index in [1.54, 1.807) is 25.1 Å². The van der Waals surface area contributed by atoms with E-state index in [2.05, 4.69) is 0 Å². The molecule has 0 radical (unpaired) electrons. The zero-order valence-electron chi connectivity index (χ0n) is 16.6. The minimum Gasteiger partial charge on any atom is -0.488 e. The third-order valence-electron chi connectivity index (χ3n) is 4.76. The van der Waals surface area contributed by atoms with Crippen molar-refractivity contribution >= 4 is 29.7 Å². The molecule has 1 aliphatic heterocycles. The van der Waals surface area contributed by atoms with Crippen LogP contribution < -0.4 is 15.2 Å². The molecule has 0 aromatic heterocycles. The number of nitrogen functional groups attached to an aromatic ring is 1. The van der Waals surface area contributed by atoms with Gasteiger partial charge in [-0.2, -0.15) is 0 Å². The minimum atomic E-state index is -0.802. The summed E-state index contributed by atoms with van der Waals surface area (Å²) in [5, 5.41) is 0. The largest absolute Gasteiger partial charge is 0.488 e. The van der Waals surface area contributed by atoms with Crippen LogP contribution in [0.1, 0.15) is 39.5 Å². The number of hydrogen-bond donors (Lipinski definition) is 1. The molecule has 0 fully saturated rings. The summed E-state index contributed by atoms with van der Waals surface area (Å²) in [6.07, 6.45) is 1.60. The van der Waals surface area contributed by atoms with E-state index in [1.807, 2.05) is 13.8 Å². The van der Waals surface area contributed by atoms with Gasteiger partial charge in [0, 0.05) is 23.7 Å². The molecular formula is C22H21NO6. The van der Waals surface area contributed by atoms with Crippen LogP contribution in [-0.2, 0) is 14.3 Å². The van der Waals surface area contributed by atoms with Gasteiger partial charge in [0.1, 0.15) is 18.1 Å². The van der Waals surface area contributed by atoms with Crippen LogP contribution in [0, 0.1) is 20.8 Å². The Morgan fingerprint density at radius 3 is 2.24 bits per heavy atom. The first-order valence-corrected chi connectivity index (χ1v) is 8.96. The molecule has 7 heteroatoms. The molecule has 0 saturated carbocycles. The quantitative estimate of drug-likeness (QED) is 0.368. The van der Waals surface area contributed by atoms with Gasteiger partial charge in [-0.15, -0.1) is 0 Å². The van der Waals surface area contributed by atoms with E-state index < -0.39 is 17.9 Å². The molecule has 2 aromatic carbocycles. The molecule has 2 aromatic rings. The summed E-state index contributed by atoms with van der Waals surface area (Å²) in [7, 11) is 0. The van der Waals surface area contributed by atoms with E-state index in [9.17, 15) is 14.4 Å². The highest BCUT2D eigenvalue weighted by Gasteiger charge is 2.27. The lowest BCUT2D eigenvalue weighted by Gasteiger charge is -2.24. The number of nitrogens with two attached hydrogens (primary N) is 1. The number of hydrogen-bond acceptors (Lipinski definition) is 7. The first kappa shape index (κ1) is 20.1. The molecule has 7 nitrogen and oxygen atoms in total. The van der Waals surface area contributed by atoms with Crippen LogP contribution in [0.15, 0.2) is 29.8 Å². The second-order valence-corrected chi connectivity index (χ2v) is 6.80. The molecule has 2 N–H and O–H groups in total. The average molecular weight is 395 g/mol. The fourth-order valence-corrected chi connectivity index (χ4v) is 3.08. The Morgan fingerprint density at radius 1 is 0.966 bits per heavy atom. The van der Waals surface area contributed by atoms with Crippen LogP contribution >= 0.6 is 0 Å². The van der Waals surface area contributed by atoms with Gasteiger partial charge in [0.2, 0.25) is 0 Å². The van der Waals surface area contributed by atoms with Crippen LogP contribution in [-0.4, -0.2) is 24.5 Å². The van der Waals surface area contributed by atoms with Crippen molar-refractivity contribution in [2.45, 2.75) is 27.7 Å². The van der Waals surface area contributed by atoms with E-state index in [1.165, 1.54) is 19.1 Å². The van der Waals surface area contributed by atoms with E-state index in [0.29, 0.717) is 28.3 Å². The molecule has 0 spiro atoms. The number of anilines is 1. The van der Waals surface area contributed by atoms with E-state index in [-0.39, 0.29) is 17.7 Å². The molecule has 3 rings (SSSR count). The van der Waals surface area contributed by atoms with Gasteiger partial charge in [0.05, 0.1) is 11.1 Å². The standard InChI is InChI=1S/C22H21NO6/c1-11-12(2)20-18(13(3)19(11)28-14(4)24)9-16(10-27-20)22(26)29-21(25)15-5-7-17(23)8-6-15/h5-9H,10,23H2,1-4H3. The molecule has 150 valence electrons. The van der Waals surface area contributed by atoms with Crippen molar-refractivity contribution in [2.24, 2.45) is 0 Å². The minimum absolute atomic E-state index is 0.0342. The molecule has 0 atom stereocenters. The molecule has 0 amide bonds. The van der Waals surface area contributed by atoms with Crippen molar-refractivity contribution < 1.29 is 28.6 Å². The van der Waals surface area contributed by atoms with Crippen molar-refractivity contribution in [3.8, 4) is 11.5 Å². The molecule has 1 heterocycles. The van der Waals surface area contributed by atoms with Gasteiger partial charge in [-0.25, -0.2) is 9.59 Å². The molecule has 0 bridgehead atoms. The number of rotatable bonds is 3. The highest BCUT2D eigenvalue weighted by Crippen LogP contribution is 2.41. The van der Waals surface area contributed by atoms with Crippen LogP contribution in [0.4, 0.5) is 5.69 Å². The summed E-state index contributed by atoms with van der Waals surface area (Å²) in [6.45, 7) is 6.75. The Balaban J connectivity index is 1.91. The second-order valence-electron chi connectivity index (χ2n) is 6.80. The Hall–Kier alpha value is -3.61. The SMILES string of the molecule is CC(=O)Oc1c(C)c(C)c2c(c1C)C=C(C(=O)OC(=O)c1ccc(N)cc1)CO2. The monoisotopic (exact) mass is 395 g/mol. The first-order valence-electron chi connectivity index (χ1n) is 8.96. The lowest BCUT2D eigenvalue weighted by atomic mass is 9.94. The summed E-state index contributed by atoms with van der Waals surface area (Å²) >= 11 is 0. The van der Waals surface area contributed by atoms with Gasteiger partial charge in [-0.3, -0.25) is 4.79 Å².